The van der Waals surface area contributed by atoms with Crippen LogP contribution in [0.1, 0.15) is 11.1 Å². The molecule has 1 N–H and O–H groups in total. The van der Waals surface area contributed by atoms with Crippen LogP contribution in [0.15, 0.2) is 47.4 Å². The normalized spacial score (nSPS) is 15.5. The Kier molecular flexibility index (Phi) is 5.05. The number of aromatic amines is 1. The average Bonchev–Trinajstić information content (AvgIpc) is 2.59. The van der Waals surface area contributed by atoms with Gasteiger partial charge in [0.2, 0.25) is 11.5 Å². The molecule has 126 valence electrons. The number of benzene rings is 1. The third-order valence-corrected chi connectivity index (χ3v) is 4.25. The monoisotopic (exact) mass is 329 g/mol. The zero-order valence-electron chi connectivity index (χ0n) is 13.4. The maximum absolute atomic E-state index is 12.9. The molecule has 6 heteroatoms. The van der Waals surface area contributed by atoms with E-state index < -0.39 is 0 Å². The van der Waals surface area contributed by atoms with Gasteiger partial charge in [0.25, 0.3) is 0 Å². The highest BCUT2D eigenvalue weighted by molar-refractivity contribution is 5.78. The highest BCUT2D eigenvalue weighted by atomic mass is 19.1. The Morgan fingerprint density at radius 3 is 2.29 bits per heavy atom. The molecule has 1 aromatic carbocycles. The molecule has 0 spiro atoms. The number of hydrogen-bond donors (Lipinski definition) is 1. The first kappa shape index (κ1) is 16.4. The lowest BCUT2D eigenvalue weighted by molar-refractivity contribution is -0.132. The van der Waals surface area contributed by atoms with E-state index in [0.29, 0.717) is 19.5 Å². The van der Waals surface area contributed by atoms with Crippen molar-refractivity contribution in [2.45, 2.75) is 13.0 Å². The molecule has 0 bridgehead atoms. The number of aromatic nitrogens is 1. The molecule has 1 aliphatic heterocycles. The van der Waals surface area contributed by atoms with E-state index >= 15 is 0 Å². The number of hydrogen-bond acceptors (Lipinski definition) is 3. The minimum absolute atomic E-state index is 0.0744. The first-order valence-corrected chi connectivity index (χ1v) is 8.02. The van der Waals surface area contributed by atoms with Gasteiger partial charge in [-0.05, 0) is 23.3 Å². The number of piperazine rings is 1. The van der Waals surface area contributed by atoms with E-state index in [-0.39, 0.29) is 17.3 Å². The van der Waals surface area contributed by atoms with Crippen LogP contribution in [0.3, 0.4) is 0 Å². The molecule has 2 aromatic rings. The van der Waals surface area contributed by atoms with Crippen molar-refractivity contribution in [1.29, 1.82) is 0 Å². The van der Waals surface area contributed by atoms with Crippen LogP contribution >= 0.6 is 0 Å². The van der Waals surface area contributed by atoms with Crippen molar-refractivity contribution in [3.05, 3.63) is 69.9 Å². The van der Waals surface area contributed by atoms with Gasteiger partial charge >= 0.3 is 0 Å². The SMILES string of the molecule is O=C(Cc1ccc(F)cc1)N1CCN(Cc2ccc(=O)[nH]c2)CC1. The van der Waals surface area contributed by atoms with E-state index in [9.17, 15) is 14.0 Å². The van der Waals surface area contributed by atoms with Gasteiger partial charge in [0.1, 0.15) is 5.82 Å². The molecule has 3 rings (SSSR count). The van der Waals surface area contributed by atoms with Crippen molar-refractivity contribution in [2.24, 2.45) is 0 Å². The zero-order chi connectivity index (χ0) is 16.9. The van der Waals surface area contributed by atoms with Crippen LogP contribution < -0.4 is 5.56 Å². The van der Waals surface area contributed by atoms with Gasteiger partial charge in [-0.15, -0.1) is 0 Å². The van der Waals surface area contributed by atoms with Crippen LogP contribution in [0, 0.1) is 5.82 Å². The van der Waals surface area contributed by atoms with E-state index in [2.05, 4.69) is 9.88 Å². The number of carbonyl (C=O) groups is 1. The van der Waals surface area contributed by atoms with Gasteiger partial charge in [0, 0.05) is 45.0 Å². The summed E-state index contributed by atoms with van der Waals surface area (Å²) in [6.07, 6.45) is 2.04. The molecule has 0 saturated carbocycles. The second kappa shape index (κ2) is 7.40. The molecule has 24 heavy (non-hydrogen) atoms. The summed E-state index contributed by atoms with van der Waals surface area (Å²) in [5, 5.41) is 0. The van der Waals surface area contributed by atoms with Crippen molar-refractivity contribution >= 4 is 5.91 Å². The summed E-state index contributed by atoms with van der Waals surface area (Å²) < 4.78 is 12.9. The number of amides is 1. The smallest absolute Gasteiger partial charge is 0.247 e. The Labute approximate surface area is 139 Å². The molecule has 1 saturated heterocycles. The van der Waals surface area contributed by atoms with Gasteiger partial charge in [-0.2, -0.15) is 0 Å². The molecular formula is C18H20FN3O2. The molecule has 1 aromatic heterocycles. The van der Waals surface area contributed by atoms with Crippen molar-refractivity contribution in [1.82, 2.24) is 14.8 Å². The summed E-state index contributed by atoms with van der Waals surface area (Å²) in [7, 11) is 0. The standard InChI is InChI=1S/C18H20FN3O2/c19-16-4-1-14(2-5-16)11-18(24)22-9-7-21(8-10-22)13-15-3-6-17(23)20-12-15/h1-6,12H,7-11,13H2,(H,20,23). The zero-order valence-corrected chi connectivity index (χ0v) is 13.4. The highest BCUT2D eigenvalue weighted by Crippen LogP contribution is 2.10. The number of pyridine rings is 1. The molecule has 1 aliphatic rings. The van der Waals surface area contributed by atoms with Crippen molar-refractivity contribution in [2.75, 3.05) is 26.2 Å². The van der Waals surface area contributed by atoms with Gasteiger partial charge in [-0.1, -0.05) is 18.2 Å². The number of rotatable bonds is 4. The molecule has 5 nitrogen and oxygen atoms in total. The van der Waals surface area contributed by atoms with E-state index in [1.165, 1.54) is 18.2 Å². The molecular weight excluding hydrogens is 309 g/mol. The second-order valence-electron chi connectivity index (χ2n) is 6.02. The van der Waals surface area contributed by atoms with Crippen LogP contribution in [0.2, 0.25) is 0 Å². The summed E-state index contributed by atoms with van der Waals surface area (Å²) in [6.45, 7) is 3.73. The number of nitrogens with one attached hydrogen (secondary N) is 1. The van der Waals surface area contributed by atoms with E-state index in [1.54, 1.807) is 18.3 Å². The Hall–Kier alpha value is -2.47. The largest absolute Gasteiger partial charge is 0.340 e. The molecule has 1 fully saturated rings. The van der Waals surface area contributed by atoms with Crippen LogP contribution in [-0.4, -0.2) is 46.9 Å². The fraction of sp³-hybridized carbons (Fsp3) is 0.333. The van der Waals surface area contributed by atoms with Gasteiger partial charge in [-0.3, -0.25) is 14.5 Å². The predicted molar refractivity (Wildman–Crippen MR) is 89.0 cm³/mol. The third-order valence-electron chi connectivity index (χ3n) is 4.25. The highest BCUT2D eigenvalue weighted by Gasteiger charge is 2.21. The van der Waals surface area contributed by atoms with Crippen LogP contribution in [0.4, 0.5) is 4.39 Å². The summed E-state index contributed by atoms with van der Waals surface area (Å²) >= 11 is 0. The van der Waals surface area contributed by atoms with Crippen LogP contribution in [0.5, 0.6) is 0 Å². The fourth-order valence-corrected chi connectivity index (χ4v) is 2.84. The first-order valence-electron chi connectivity index (χ1n) is 8.02. The van der Waals surface area contributed by atoms with Crippen molar-refractivity contribution in [3.8, 4) is 0 Å². The molecule has 2 heterocycles. The number of nitrogens with zero attached hydrogens (tertiary/aromatic N) is 2. The lowest BCUT2D eigenvalue weighted by Crippen LogP contribution is -2.48. The van der Waals surface area contributed by atoms with Crippen molar-refractivity contribution < 1.29 is 9.18 Å². The Morgan fingerprint density at radius 1 is 1.00 bits per heavy atom. The molecule has 0 radical (unpaired) electrons. The third kappa shape index (κ3) is 4.29. The molecule has 1 amide bonds. The maximum atomic E-state index is 12.9. The summed E-state index contributed by atoms with van der Waals surface area (Å²) in [6, 6.07) is 9.41. The maximum Gasteiger partial charge on any atom is 0.247 e. The van der Waals surface area contributed by atoms with Gasteiger partial charge in [0.15, 0.2) is 0 Å². The minimum Gasteiger partial charge on any atom is -0.340 e. The van der Waals surface area contributed by atoms with E-state index in [0.717, 1.165) is 30.8 Å². The fourth-order valence-electron chi connectivity index (χ4n) is 2.84. The van der Waals surface area contributed by atoms with Gasteiger partial charge in [-0.25, -0.2) is 4.39 Å². The topological polar surface area (TPSA) is 56.4 Å². The molecule has 0 unspecified atom stereocenters. The lowest BCUT2D eigenvalue weighted by atomic mass is 10.1. The van der Waals surface area contributed by atoms with E-state index in [4.69, 9.17) is 0 Å². The number of carbonyl (C=O) groups excluding carboxylic acids is 1. The first-order chi connectivity index (χ1) is 11.6. The second-order valence-corrected chi connectivity index (χ2v) is 6.02. The molecule has 0 atom stereocenters. The minimum atomic E-state index is -0.290. The van der Waals surface area contributed by atoms with Gasteiger partial charge in [0.05, 0.1) is 6.42 Å². The predicted octanol–water partition coefficient (Wildman–Crippen LogP) is 1.40. The Bertz CT molecular complexity index is 729. The summed E-state index contributed by atoms with van der Waals surface area (Å²) in [5.41, 5.74) is 1.78. The van der Waals surface area contributed by atoms with Crippen LogP contribution in [0.25, 0.3) is 0 Å². The number of H-pyrrole nitrogens is 1. The van der Waals surface area contributed by atoms with E-state index in [1.807, 2.05) is 11.0 Å². The van der Waals surface area contributed by atoms with Crippen molar-refractivity contribution in [3.63, 3.8) is 0 Å². The number of halogens is 1. The molecule has 0 aliphatic carbocycles. The van der Waals surface area contributed by atoms with Crippen LogP contribution in [-0.2, 0) is 17.8 Å². The summed E-state index contributed by atoms with van der Waals surface area (Å²) in [5.74, 6) is -0.215. The average molecular weight is 329 g/mol. The Balaban J connectivity index is 1.49. The summed E-state index contributed by atoms with van der Waals surface area (Å²) in [4.78, 5) is 30.2. The quantitative estimate of drug-likeness (QED) is 0.922. The van der Waals surface area contributed by atoms with Gasteiger partial charge < -0.3 is 9.88 Å². The Morgan fingerprint density at radius 2 is 1.67 bits per heavy atom. The lowest BCUT2D eigenvalue weighted by Gasteiger charge is -2.34.